The molecule has 1 rings (SSSR count). The van der Waals surface area contributed by atoms with Crippen LogP contribution in [0.4, 0.5) is 5.82 Å². The maximum Gasteiger partial charge on any atom is 0.225 e. The molecule has 5 nitrogen and oxygen atoms in total. The van der Waals surface area contributed by atoms with E-state index in [1.807, 2.05) is 11.8 Å². The molecule has 0 aliphatic heterocycles. The van der Waals surface area contributed by atoms with E-state index in [1.54, 1.807) is 0 Å². The summed E-state index contributed by atoms with van der Waals surface area (Å²) in [5.74, 6) is 0.915. The van der Waals surface area contributed by atoms with Crippen LogP contribution in [0.3, 0.4) is 0 Å². The van der Waals surface area contributed by atoms with Crippen molar-refractivity contribution < 1.29 is 4.74 Å². The quantitative estimate of drug-likeness (QED) is 0.219. The molecule has 8 heteroatoms. The van der Waals surface area contributed by atoms with Crippen LogP contribution in [0.2, 0.25) is 36.1 Å². The minimum absolute atomic E-state index is 0.115. The molecule has 0 amide bonds. The molecule has 1 aromatic heterocycles. The molecule has 2 unspecified atom stereocenters. The standard InChI is InChI=1S/C16H30Cl2N4OSi/c1-7-11(2)14(19)22(10-23-8-9-24(4,5)6)15-12(3)13(17)20-16(18)21-15/h11,14H,7-10,19H2,1-6H3. The number of ether oxygens (including phenoxy) is 1. The summed E-state index contributed by atoms with van der Waals surface area (Å²) in [7, 11) is -1.14. The maximum atomic E-state index is 6.45. The van der Waals surface area contributed by atoms with Crippen LogP contribution in [0.25, 0.3) is 0 Å². The van der Waals surface area contributed by atoms with Crippen molar-refractivity contribution in [3.8, 4) is 0 Å². The second-order valence-electron chi connectivity index (χ2n) is 7.43. The Balaban J connectivity index is 2.98. The van der Waals surface area contributed by atoms with Crippen molar-refractivity contribution in [2.24, 2.45) is 11.7 Å². The van der Waals surface area contributed by atoms with Gasteiger partial charge in [-0.25, -0.2) is 9.97 Å². The molecule has 0 radical (unpaired) electrons. The van der Waals surface area contributed by atoms with E-state index >= 15 is 0 Å². The number of hydrogen-bond acceptors (Lipinski definition) is 5. The largest absolute Gasteiger partial charge is 0.361 e. The van der Waals surface area contributed by atoms with Crippen molar-refractivity contribution in [1.82, 2.24) is 9.97 Å². The fourth-order valence-electron chi connectivity index (χ4n) is 2.11. The van der Waals surface area contributed by atoms with Gasteiger partial charge in [0.1, 0.15) is 17.7 Å². The van der Waals surface area contributed by atoms with Crippen LogP contribution in [0, 0.1) is 12.8 Å². The van der Waals surface area contributed by atoms with E-state index in [-0.39, 0.29) is 17.4 Å². The summed E-state index contributed by atoms with van der Waals surface area (Å²) >= 11 is 12.2. The average Bonchev–Trinajstić information content (AvgIpc) is 2.48. The Morgan fingerprint density at radius 1 is 1.25 bits per heavy atom. The minimum atomic E-state index is -1.14. The summed E-state index contributed by atoms with van der Waals surface area (Å²) in [6.45, 7) is 14.1. The lowest BCUT2D eigenvalue weighted by Gasteiger charge is -2.34. The van der Waals surface area contributed by atoms with Crippen molar-refractivity contribution in [3.63, 3.8) is 0 Å². The maximum absolute atomic E-state index is 6.45. The SMILES string of the molecule is CCC(C)C(N)N(COCC[Si](C)(C)C)c1nc(Cl)nc(Cl)c1C. The minimum Gasteiger partial charge on any atom is -0.361 e. The first-order chi connectivity index (χ1) is 11.1. The van der Waals surface area contributed by atoms with Crippen LogP contribution in [0.15, 0.2) is 0 Å². The fraction of sp³-hybridized carbons (Fsp3) is 0.750. The van der Waals surface area contributed by atoms with Crippen LogP contribution in [-0.2, 0) is 4.74 Å². The zero-order chi connectivity index (χ0) is 18.5. The summed E-state index contributed by atoms with van der Waals surface area (Å²) in [4.78, 5) is 10.3. The highest BCUT2D eigenvalue weighted by molar-refractivity contribution is 6.76. The molecule has 2 atom stereocenters. The number of nitrogens with zero attached hydrogens (tertiary/aromatic N) is 3. The van der Waals surface area contributed by atoms with Gasteiger partial charge in [-0.3, -0.25) is 0 Å². The molecule has 0 saturated heterocycles. The lowest BCUT2D eigenvalue weighted by Crippen LogP contribution is -2.48. The molecule has 2 N–H and O–H groups in total. The summed E-state index contributed by atoms with van der Waals surface area (Å²) in [5.41, 5.74) is 7.21. The molecule has 0 aliphatic rings. The zero-order valence-electron chi connectivity index (χ0n) is 15.6. The van der Waals surface area contributed by atoms with Gasteiger partial charge in [0.15, 0.2) is 0 Å². The van der Waals surface area contributed by atoms with Crippen molar-refractivity contribution >= 4 is 37.1 Å². The third kappa shape index (κ3) is 6.48. The molecular weight excluding hydrogens is 363 g/mol. The van der Waals surface area contributed by atoms with Crippen LogP contribution >= 0.6 is 23.2 Å². The van der Waals surface area contributed by atoms with Gasteiger partial charge in [-0.15, -0.1) is 0 Å². The number of anilines is 1. The fourth-order valence-corrected chi connectivity index (χ4v) is 3.24. The number of hydrogen-bond donors (Lipinski definition) is 1. The van der Waals surface area contributed by atoms with Crippen molar-refractivity contribution in [3.05, 3.63) is 16.0 Å². The molecule has 138 valence electrons. The molecule has 1 heterocycles. The molecule has 0 saturated carbocycles. The molecule has 1 aromatic rings. The molecule has 0 aliphatic carbocycles. The Bertz CT molecular complexity index is 540. The monoisotopic (exact) mass is 392 g/mol. The van der Waals surface area contributed by atoms with E-state index in [0.29, 0.717) is 24.3 Å². The smallest absolute Gasteiger partial charge is 0.225 e. The Morgan fingerprint density at radius 2 is 1.88 bits per heavy atom. The number of rotatable bonds is 9. The molecular formula is C16H30Cl2N4OSi. The first kappa shape index (κ1) is 21.6. The van der Waals surface area contributed by atoms with E-state index in [9.17, 15) is 0 Å². The van der Waals surface area contributed by atoms with Crippen molar-refractivity contribution in [2.45, 2.75) is 59.0 Å². The Morgan fingerprint density at radius 3 is 2.42 bits per heavy atom. The normalized spacial score (nSPS) is 14.5. The van der Waals surface area contributed by atoms with Gasteiger partial charge < -0.3 is 15.4 Å². The van der Waals surface area contributed by atoms with Crippen LogP contribution < -0.4 is 10.6 Å². The summed E-state index contributed by atoms with van der Waals surface area (Å²) in [6.07, 6.45) is 0.723. The lowest BCUT2D eigenvalue weighted by molar-refractivity contribution is 0.134. The van der Waals surface area contributed by atoms with Gasteiger partial charge in [-0.1, -0.05) is 51.5 Å². The Hall–Kier alpha value is -0.403. The first-order valence-corrected chi connectivity index (χ1v) is 12.8. The molecule has 24 heavy (non-hydrogen) atoms. The Labute approximate surface area is 156 Å². The van der Waals surface area contributed by atoms with Crippen molar-refractivity contribution in [1.29, 1.82) is 0 Å². The van der Waals surface area contributed by atoms with Gasteiger partial charge in [0.05, 0.1) is 6.17 Å². The Kier molecular flexibility index (Phi) is 8.42. The predicted octanol–water partition coefficient (Wildman–Crippen LogP) is 4.54. The molecule has 0 fully saturated rings. The number of halogens is 2. The first-order valence-electron chi connectivity index (χ1n) is 8.36. The second kappa shape index (κ2) is 9.34. The topological polar surface area (TPSA) is 64.3 Å². The van der Waals surface area contributed by atoms with E-state index < -0.39 is 8.07 Å². The third-order valence-corrected chi connectivity index (χ3v) is 6.36. The zero-order valence-corrected chi connectivity index (χ0v) is 18.1. The van der Waals surface area contributed by atoms with Gasteiger partial charge in [0.2, 0.25) is 5.28 Å². The van der Waals surface area contributed by atoms with E-state index in [0.717, 1.165) is 18.0 Å². The van der Waals surface area contributed by atoms with E-state index in [1.165, 1.54) is 0 Å². The van der Waals surface area contributed by atoms with Gasteiger partial charge in [0, 0.05) is 20.2 Å². The number of aromatic nitrogens is 2. The highest BCUT2D eigenvalue weighted by Crippen LogP contribution is 2.27. The third-order valence-electron chi connectivity index (χ3n) is 4.12. The molecule has 0 spiro atoms. The summed E-state index contributed by atoms with van der Waals surface area (Å²) in [6, 6.07) is 1.10. The highest BCUT2D eigenvalue weighted by Gasteiger charge is 2.25. The van der Waals surface area contributed by atoms with Gasteiger partial charge >= 0.3 is 0 Å². The van der Waals surface area contributed by atoms with Gasteiger partial charge in [-0.2, -0.15) is 0 Å². The predicted molar refractivity (Wildman–Crippen MR) is 106 cm³/mol. The van der Waals surface area contributed by atoms with Crippen LogP contribution in [0.1, 0.15) is 25.8 Å². The van der Waals surface area contributed by atoms with E-state index in [4.69, 9.17) is 33.7 Å². The van der Waals surface area contributed by atoms with Crippen LogP contribution in [-0.4, -0.2) is 37.5 Å². The summed E-state index contributed by atoms with van der Waals surface area (Å²) < 4.78 is 5.91. The average molecular weight is 393 g/mol. The van der Waals surface area contributed by atoms with Crippen molar-refractivity contribution in [2.75, 3.05) is 18.2 Å². The summed E-state index contributed by atoms with van der Waals surface area (Å²) in [5, 5.41) is 0.456. The molecule has 0 bridgehead atoms. The molecule has 0 aromatic carbocycles. The lowest BCUT2D eigenvalue weighted by atomic mass is 10.1. The number of nitrogens with two attached hydrogens (primary N) is 1. The van der Waals surface area contributed by atoms with E-state index in [2.05, 4.69) is 43.5 Å². The second-order valence-corrected chi connectivity index (χ2v) is 13.7. The van der Waals surface area contributed by atoms with Gasteiger partial charge in [-0.05, 0) is 30.5 Å². The van der Waals surface area contributed by atoms with Gasteiger partial charge in [0.25, 0.3) is 0 Å². The van der Waals surface area contributed by atoms with Crippen LogP contribution in [0.5, 0.6) is 0 Å². The highest BCUT2D eigenvalue weighted by atomic mass is 35.5.